The number of amides is 2. The number of rotatable bonds is 7. The molecule has 1 unspecified atom stereocenters. The maximum absolute atomic E-state index is 14.1. The van der Waals surface area contributed by atoms with Gasteiger partial charge in [0.05, 0.1) is 17.4 Å². The van der Waals surface area contributed by atoms with E-state index >= 15 is 0 Å². The number of nitrogens with two attached hydrogens (primary N) is 1. The van der Waals surface area contributed by atoms with Gasteiger partial charge in [0.1, 0.15) is 0 Å². The summed E-state index contributed by atoms with van der Waals surface area (Å²) < 4.78 is 42.9. The molecular weight excluding hydrogens is 519 g/mol. The van der Waals surface area contributed by atoms with Crippen molar-refractivity contribution in [1.82, 2.24) is 19.6 Å². The van der Waals surface area contributed by atoms with E-state index in [2.05, 4.69) is 10.00 Å². The number of aromatic nitrogens is 2. The fraction of sp³-hybridized carbons (Fsp3) is 0.370. The fourth-order valence-electron chi connectivity index (χ4n) is 5.64. The van der Waals surface area contributed by atoms with Crippen LogP contribution in [0.1, 0.15) is 38.4 Å². The van der Waals surface area contributed by atoms with Gasteiger partial charge in [-0.25, -0.2) is 4.68 Å². The third-order valence-corrected chi connectivity index (χ3v) is 7.64. The highest BCUT2D eigenvalue weighted by molar-refractivity contribution is 6.30. The summed E-state index contributed by atoms with van der Waals surface area (Å²) in [5.74, 6) is -0.676. The van der Waals surface area contributed by atoms with Crippen molar-refractivity contribution in [2.24, 2.45) is 17.6 Å². The van der Waals surface area contributed by atoms with Crippen LogP contribution in [0.3, 0.4) is 0 Å². The van der Waals surface area contributed by atoms with Crippen molar-refractivity contribution in [2.45, 2.75) is 19.0 Å². The molecule has 2 fully saturated rings. The minimum absolute atomic E-state index is 0.174. The molecule has 200 valence electrons. The van der Waals surface area contributed by atoms with E-state index in [1.807, 2.05) is 12.1 Å². The molecule has 38 heavy (non-hydrogen) atoms. The summed E-state index contributed by atoms with van der Waals surface area (Å²) in [6, 6.07) is 13.1. The molecule has 5 rings (SSSR count). The number of benzene rings is 2. The van der Waals surface area contributed by atoms with Crippen LogP contribution in [0.15, 0.2) is 54.7 Å². The summed E-state index contributed by atoms with van der Waals surface area (Å²) in [5.41, 5.74) is 5.58. The average molecular weight is 546 g/mol. The molecule has 2 aliphatic heterocycles. The monoisotopic (exact) mass is 545 g/mol. The predicted octanol–water partition coefficient (Wildman–Crippen LogP) is 4.28. The number of primary amides is 1. The largest absolute Gasteiger partial charge is 0.434 e. The van der Waals surface area contributed by atoms with Gasteiger partial charge >= 0.3 is 6.18 Å². The Labute approximate surface area is 223 Å². The second-order valence-corrected chi connectivity index (χ2v) is 10.3. The Kier molecular flexibility index (Phi) is 7.19. The van der Waals surface area contributed by atoms with Crippen LogP contribution in [0.2, 0.25) is 5.02 Å². The highest BCUT2D eigenvalue weighted by atomic mass is 35.5. The number of nitrogens with zero attached hydrogens (tertiary/aromatic N) is 4. The van der Waals surface area contributed by atoms with Crippen LogP contribution in [-0.4, -0.2) is 64.1 Å². The van der Waals surface area contributed by atoms with E-state index in [1.54, 1.807) is 12.1 Å². The van der Waals surface area contributed by atoms with Crippen LogP contribution in [0.25, 0.3) is 5.69 Å². The van der Waals surface area contributed by atoms with Gasteiger partial charge in [0.2, 0.25) is 5.91 Å². The number of fused-ring (bicyclic) bond motifs is 1. The van der Waals surface area contributed by atoms with Crippen LogP contribution in [0, 0.1) is 11.8 Å². The highest BCUT2D eigenvalue weighted by Gasteiger charge is 2.45. The average Bonchev–Trinajstić information content (AvgIpc) is 3.57. The van der Waals surface area contributed by atoms with Crippen LogP contribution in [0.4, 0.5) is 13.2 Å². The summed E-state index contributed by atoms with van der Waals surface area (Å²) in [5, 5.41) is 4.29. The first-order valence-corrected chi connectivity index (χ1v) is 12.8. The van der Waals surface area contributed by atoms with Crippen molar-refractivity contribution in [3.05, 3.63) is 82.1 Å². The molecule has 1 aromatic heterocycles. The number of alkyl halides is 3. The minimum atomic E-state index is -4.76. The number of aryl methyl sites for hydroxylation is 1. The van der Waals surface area contributed by atoms with E-state index in [9.17, 15) is 22.8 Å². The molecule has 7 nitrogen and oxygen atoms in total. The molecule has 2 saturated heterocycles. The number of hydrogen-bond acceptors (Lipinski definition) is 4. The Morgan fingerprint density at radius 1 is 0.974 bits per heavy atom. The van der Waals surface area contributed by atoms with Crippen LogP contribution < -0.4 is 5.73 Å². The summed E-state index contributed by atoms with van der Waals surface area (Å²) in [7, 11) is 0. The molecule has 11 heteroatoms. The highest BCUT2D eigenvalue weighted by Crippen LogP contribution is 2.37. The molecule has 2 amide bonds. The zero-order chi connectivity index (χ0) is 27.0. The maximum atomic E-state index is 14.1. The molecule has 2 N–H and O–H groups in total. The van der Waals surface area contributed by atoms with E-state index in [1.165, 1.54) is 29.2 Å². The van der Waals surface area contributed by atoms with Gasteiger partial charge < -0.3 is 15.5 Å². The molecular formula is C27H27ClF3N5O2. The lowest BCUT2D eigenvalue weighted by atomic mass is 10.0. The van der Waals surface area contributed by atoms with E-state index in [4.69, 9.17) is 17.3 Å². The first-order chi connectivity index (χ1) is 18.1. The smallest absolute Gasteiger partial charge is 0.366 e. The van der Waals surface area contributed by atoms with Gasteiger partial charge in [0.15, 0.2) is 5.69 Å². The Morgan fingerprint density at radius 2 is 1.63 bits per heavy atom. The summed E-state index contributed by atoms with van der Waals surface area (Å²) >= 11 is 5.87. The Bertz CT molecular complexity index is 1330. The lowest BCUT2D eigenvalue weighted by molar-refractivity contribution is -0.143. The maximum Gasteiger partial charge on any atom is 0.434 e. The van der Waals surface area contributed by atoms with Gasteiger partial charge in [-0.2, -0.15) is 18.3 Å². The Balaban J connectivity index is 1.21. The van der Waals surface area contributed by atoms with Crippen LogP contribution >= 0.6 is 11.6 Å². The van der Waals surface area contributed by atoms with Gasteiger partial charge in [0, 0.05) is 36.8 Å². The lowest BCUT2D eigenvalue weighted by Crippen LogP contribution is -2.34. The number of hydrogen-bond donors (Lipinski definition) is 1. The second-order valence-electron chi connectivity index (χ2n) is 9.91. The molecule has 2 aliphatic rings. The molecule has 0 spiro atoms. The van der Waals surface area contributed by atoms with Crippen LogP contribution in [-0.2, 0) is 12.6 Å². The first-order valence-electron chi connectivity index (χ1n) is 12.4. The molecule has 0 bridgehead atoms. The molecule has 0 radical (unpaired) electrons. The third-order valence-electron chi connectivity index (χ3n) is 7.39. The number of likely N-dealkylation sites (tertiary alicyclic amines) is 2. The number of halogens is 4. The summed E-state index contributed by atoms with van der Waals surface area (Å²) in [6.07, 6.45) is -2.18. The molecule has 2 aromatic carbocycles. The SMILES string of the molecule is NC(=O)c1ccccc1CCCN1CC2CN(C(=O)c3cnn(-c4ccc(Cl)cc4)c3C(F)(F)F)C[C@@H]2C1. The third kappa shape index (κ3) is 5.28. The van der Waals surface area contributed by atoms with E-state index in [0.717, 1.165) is 48.9 Å². The Morgan fingerprint density at radius 3 is 2.26 bits per heavy atom. The number of carbonyl (C=O) groups excluding carboxylic acids is 2. The van der Waals surface area contributed by atoms with Crippen molar-refractivity contribution < 1.29 is 22.8 Å². The molecule has 2 atom stereocenters. The summed E-state index contributed by atoms with van der Waals surface area (Å²) in [4.78, 5) is 28.7. The molecule has 3 aromatic rings. The summed E-state index contributed by atoms with van der Waals surface area (Å²) in [6.45, 7) is 3.21. The van der Waals surface area contributed by atoms with Crippen molar-refractivity contribution in [3.8, 4) is 5.69 Å². The predicted molar refractivity (Wildman–Crippen MR) is 136 cm³/mol. The molecule has 3 heterocycles. The quantitative estimate of drug-likeness (QED) is 0.480. The van der Waals surface area contributed by atoms with Gasteiger partial charge in [-0.15, -0.1) is 0 Å². The van der Waals surface area contributed by atoms with Gasteiger partial charge in [-0.05, 0) is 67.1 Å². The zero-order valence-electron chi connectivity index (χ0n) is 20.5. The van der Waals surface area contributed by atoms with E-state index < -0.39 is 29.2 Å². The normalized spacial score (nSPS) is 19.6. The van der Waals surface area contributed by atoms with Crippen molar-refractivity contribution in [2.75, 3.05) is 32.7 Å². The minimum Gasteiger partial charge on any atom is -0.366 e. The molecule has 0 saturated carbocycles. The first kappa shape index (κ1) is 26.2. The zero-order valence-corrected chi connectivity index (χ0v) is 21.3. The Hall–Kier alpha value is -3.37. The standard InChI is InChI=1S/C27H27ClF3N5O2/c28-20-7-9-21(10-8-20)36-24(27(29,30)31)23(12-33-36)26(38)35-15-18-13-34(14-19(18)16-35)11-3-5-17-4-1-2-6-22(17)25(32)37/h1-2,4,6-10,12,18-19H,3,5,11,13-16H2,(H2,32,37)/t18-,19?/m0/s1. The van der Waals surface area contributed by atoms with Crippen molar-refractivity contribution in [3.63, 3.8) is 0 Å². The van der Waals surface area contributed by atoms with Gasteiger partial charge in [-0.3, -0.25) is 9.59 Å². The van der Waals surface area contributed by atoms with Crippen molar-refractivity contribution >= 4 is 23.4 Å². The van der Waals surface area contributed by atoms with Gasteiger partial charge in [-0.1, -0.05) is 29.8 Å². The number of carbonyl (C=O) groups is 2. The van der Waals surface area contributed by atoms with E-state index in [0.29, 0.717) is 23.7 Å². The molecule has 0 aliphatic carbocycles. The fourth-order valence-corrected chi connectivity index (χ4v) is 5.76. The van der Waals surface area contributed by atoms with E-state index in [-0.39, 0.29) is 17.5 Å². The van der Waals surface area contributed by atoms with Crippen molar-refractivity contribution in [1.29, 1.82) is 0 Å². The topological polar surface area (TPSA) is 84.5 Å². The van der Waals surface area contributed by atoms with Crippen LogP contribution in [0.5, 0.6) is 0 Å². The van der Waals surface area contributed by atoms with Gasteiger partial charge in [0.25, 0.3) is 5.91 Å². The second kappa shape index (κ2) is 10.4. The lowest BCUT2D eigenvalue weighted by Gasteiger charge is -2.22.